The molecular formula is C8H11NO4. The molecule has 5 nitrogen and oxygen atoms in total. The Labute approximate surface area is 75.7 Å². The second-order valence-electron chi connectivity index (χ2n) is 2.84. The summed E-state index contributed by atoms with van der Waals surface area (Å²) < 4.78 is 9.65. The van der Waals surface area contributed by atoms with Crippen LogP contribution in [0.15, 0.2) is 4.99 Å². The molecule has 1 saturated heterocycles. The van der Waals surface area contributed by atoms with Gasteiger partial charge in [-0.2, -0.15) is 4.99 Å². The average molecular weight is 185 g/mol. The fourth-order valence-corrected chi connectivity index (χ4v) is 1.35. The van der Waals surface area contributed by atoms with Crippen molar-refractivity contribution in [3.8, 4) is 0 Å². The summed E-state index contributed by atoms with van der Waals surface area (Å²) in [6.07, 6.45) is 2.18. The maximum atomic E-state index is 11.3. The zero-order valence-electron chi connectivity index (χ0n) is 7.41. The molecule has 1 heterocycles. The number of methoxy groups -OCH3 is 1. The Balaban J connectivity index is 2.84. The Hall–Kier alpha value is -1.19. The van der Waals surface area contributed by atoms with Crippen LogP contribution in [0.5, 0.6) is 0 Å². The van der Waals surface area contributed by atoms with E-state index in [1.807, 2.05) is 0 Å². The van der Waals surface area contributed by atoms with Crippen molar-refractivity contribution < 1.29 is 19.1 Å². The molecule has 72 valence electrons. The van der Waals surface area contributed by atoms with Gasteiger partial charge in [0.05, 0.1) is 7.11 Å². The number of isocyanates is 1. The van der Waals surface area contributed by atoms with Crippen molar-refractivity contribution in [1.82, 2.24) is 0 Å². The molecule has 0 aromatic rings. The molecule has 1 fully saturated rings. The minimum absolute atomic E-state index is 0.384. The lowest BCUT2D eigenvalue weighted by atomic mass is 9.91. The molecule has 0 amide bonds. The third-order valence-corrected chi connectivity index (χ3v) is 2.14. The van der Waals surface area contributed by atoms with E-state index in [-0.39, 0.29) is 0 Å². The quantitative estimate of drug-likeness (QED) is 0.346. The average Bonchev–Trinajstić information content (AvgIpc) is 2.18. The second kappa shape index (κ2) is 4.16. The summed E-state index contributed by atoms with van der Waals surface area (Å²) in [5, 5.41) is 0. The lowest BCUT2D eigenvalue weighted by Gasteiger charge is -2.28. The molecule has 1 rings (SSSR count). The highest BCUT2D eigenvalue weighted by Crippen LogP contribution is 2.25. The van der Waals surface area contributed by atoms with Gasteiger partial charge in [0, 0.05) is 26.1 Å². The van der Waals surface area contributed by atoms with Gasteiger partial charge in [-0.3, -0.25) is 0 Å². The predicted molar refractivity (Wildman–Crippen MR) is 42.9 cm³/mol. The number of aliphatic imine (C=N–C) groups is 1. The highest BCUT2D eigenvalue weighted by molar-refractivity contribution is 5.82. The van der Waals surface area contributed by atoms with Gasteiger partial charge in [0.25, 0.3) is 0 Å². The molecule has 0 atom stereocenters. The maximum absolute atomic E-state index is 11.3. The van der Waals surface area contributed by atoms with Crippen molar-refractivity contribution in [2.24, 2.45) is 4.99 Å². The molecule has 0 spiro atoms. The molecule has 1 aliphatic rings. The number of carbonyl (C=O) groups is 1. The summed E-state index contributed by atoms with van der Waals surface area (Å²) in [6, 6.07) is 0. The number of esters is 1. The van der Waals surface area contributed by atoms with Gasteiger partial charge in [-0.25, -0.2) is 9.59 Å². The van der Waals surface area contributed by atoms with Crippen molar-refractivity contribution in [1.29, 1.82) is 0 Å². The van der Waals surface area contributed by atoms with Gasteiger partial charge in [-0.1, -0.05) is 0 Å². The largest absolute Gasteiger partial charge is 0.467 e. The van der Waals surface area contributed by atoms with E-state index < -0.39 is 11.5 Å². The molecular weight excluding hydrogens is 174 g/mol. The molecule has 0 unspecified atom stereocenters. The van der Waals surface area contributed by atoms with Gasteiger partial charge in [0.1, 0.15) is 0 Å². The number of hydrogen-bond acceptors (Lipinski definition) is 5. The van der Waals surface area contributed by atoms with Gasteiger partial charge < -0.3 is 9.47 Å². The first-order valence-electron chi connectivity index (χ1n) is 4.00. The van der Waals surface area contributed by atoms with Crippen molar-refractivity contribution in [2.75, 3.05) is 20.3 Å². The Kier molecular flexibility index (Phi) is 3.17. The van der Waals surface area contributed by atoms with E-state index in [2.05, 4.69) is 9.73 Å². The summed E-state index contributed by atoms with van der Waals surface area (Å²) in [4.78, 5) is 25.0. The van der Waals surface area contributed by atoms with Gasteiger partial charge >= 0.3 is 5.97 Å². The molecule has 1 aliphatic heterocycles. The van der Waals surface area contributed by atoms with E-state index >= 15 is 0 Å². The first-order valence-corrected chi connectivity index (χ1v) is 4.00. The van der Waals surface area contributed by atoms with E-state index in [0.717, 1.165) is 0 Å². The van der Waals surface area contributed by atoms with Gasteiger partial charge in [0.15, 0.2) is 5.54 Å². The van der Waals surface area contributed by atoms with E-state index in [9.17, 15) is 9.59 Å². The van der Waals surface area contributed by atoms with Crippen LogP contribution < -0.4 is 0 Å². The van der Waals surface area contributed by atoms with Crippen LogP contribution in [0, 0.1) is 0 Å². The number of carbonyl (C=O) groups excluding carboxylic acids is 2. The van der Waals surface area contributed by atoms with E-state index in [4.69, 9.17) is 4.74 Å². The Bertz CT molecular complexity index is 239. The number of hydrogen-bond donors (Lipinski definition) is 0. The summed E-state index contributed by atoms with van der Waals surface area (Å²) in [5.74, 6) is -0.487. The van der Waals surface area contributed by atoms with Gasteiger partial charge in [-0.15, -0.1) is 0 Å². The third-order valence-electron chi connectivity index (χ3n) is 2.14. The minimum Gasteiger partial charge on any atom is -0.467 e. The summed E-state index contributed by atoms with van der Waals surface area (Å²) in [5.41, 5.74) is -1.05. The van der Waals surface area contributed by atoms with Crippen molar-refractivity contribution in [3.05, 3.63) is 0 Å². The van der Waals surface area contributed by atoms with Crippen molar-refractivity contribution in [3.63, 3.8) is 0 Å². The second-order valence-corrected chi connectivity index (χ2v) is 2.84. The lowest BCUT2D eigenvalue weighted by molar-refractivity contribution is -0.150. The summed E-state index contributed by atoms with van der Waals surface area (Å²) in [7, 11) is 1.28. The first kappa shape index (κ1) is 9.89. The third kappa shape index (κ3) is 1.94. The zero-order chi connectivity index (χ0) is 9.73. The molecule has 0 saturated carbocycles. The van der Waals surface area contributed by atoms with Crippen LogP contribution in [-0.4, -0.2) is 37.9 Å². The Morgan fingerprint density at radius 3 is 2.62 bits per heavy atom. The van der Waals surface area contributed by atoms with E-state index in [1.54, 1.807) is 0 Å². The van der Waals surface area contributed by atoms with Crippen LogP contribution in [0.25, 0.3) is 0 Å². The SMILES string of the molecule is COC(=O)C1(N=C=O)CCOCC1. The molecule has 0 aromatic carbocycles. The predicted octanol–water partition coefficient (Wildman–Crippen LogP) is 0.0444. The smallest absolute Gasteiger partial charge is 0.334 e. The zero-order valence-corrected chi connectivity index (χ0v) is 7.41. The number of ether oxygens (including phenoxy) is 2. The van der Waals surface area contributed by atoms with E-state index in [1.165, 1.54) is 13.2 Å². The molecule has 5 heteroatoms. The van der Waals surface area contributed by atoms with Crippen LogP contribution in [0.2, 0.25) is 0 Å². The molecule has 0 aromatic heterocycles. The number of nitrogens with zero attached hydrogens (tertiary/aromatic N) is 1. The van der Waals surface area contributed by atoms with Crippen LogP contribution in [0.1, 0.15) is 12.8 Å². The van der Waals surface area contributed by atoms with Crippen molar-refractivity contribution in [2.45, 2.75) is 18.4 Å². The van der Waals surface area contributed by atoms with Crippen LogP contribution in [-0.2, 0) is 19.1 Å². The van der Waals surface area contributed by atoms with Gasteiger partial charge in [0.2, 0.25) is 6.08 Å². The number of rotatable bonds is 2. The van der Waals surface area contributed by atoms with Crippen LogP contribution in [0.4, 0.5) is 0 Å². The molecule has 13 heavy (non-hydrogen) atoms. The first-order chi connectivity index (χ1) is 6.25. The highest BCUT2D eigenvalue weighted by atomic mass is 16.5. The molecule has 0 radical (unpaired) electrons. The minimum atomic E-state index is -1.05. The van der Waals surface area contributed by atoms with Gasteiger partial charge in [-0.05, 0) is 0 Å². The van der Waals surface area contributed by atoms with Crippen LogP contribution >= 0.6 is 0 Å². The summed E-state index contributed by atoms with van der Waals surface area (Å²) >= 11 is 0. The fraction of sp³-hybridized carbons (Fsp3) is 0.750. The fourth-order valence-electron chi connectivity index (χ4n) is 1.35. The Morgan fingerprint density at radius 1 is 1.54 bits per heavy atom. The van der Waals surface area contributed by atoms with Crippen molar-refractivity contribution >= 4 is 12.0 Å². The molecule has 0 aliphatic carbocycles. The normalized spacial score (nSPS) is 20.1. The topological polar surface area (TPSA) is 65.0 Å². The molecule has 0 N–H and O–H groups in total. The van der Waals surface area contributed by atoms with Crippen LogP contribution in [0.3, 0.4) is 0 Å². The monoisotopic (exact) mass is 185 g/mol. The Morgan fingerprint density at radius 2 is 2.15 bits per heavy atom. The highest BCUT2D eigenvalue weighted by Gasteiger charge is 2.41. The molecule has 0 bridgehead atoms. The maximum Gasteiger partial charge on any atom is 0.334 e. The summed E-state index contributed by atoms with van der Waals surface area (Å²) in [6.45, 7) is 0.834. The van der Waals surface area contributed by atoms with E-state index in [0.29, 0.717) is 26.1 Å². The standard InChI is InChI=1S/C8H11NO4/c1-12-7(11)8(9-6-10)2-4-13-5-3-8/h2-5H2,1H3. The lowest BCUT2D eigenvalue weighted by Crippen LogP contribution is -2.43.